The van der Waals surface area contributed by atoms with Crippen LogP contribution in [0.5, 0.6) is 0 Å². The van der Waals surface area contributed by atoms with Gasteiger partial charge in [0.05, 0.1) is 0 Å². The Morgan fingerprint density at radius 3 is 2.83 bits per heavy atom. The molecule has 0 spiro atoms. The number of aliphatic carboxylic acids is 1. The third-order valence-electron chi connectivity index (χ3n) is 3.14. The van der Waals surface area contributed by atoms with Crippen molar-refractivity contribution in [2.24, 2.45) is 5.92 Å². The van der Waals surface area contributed by atoms with E-state index in [4.69, 9.17) is 9.63 Å². The molecule has 1 saturated heterocycles. The SMILES string of the molecule is CC(CC(=O)O)Cc1nc(N2CCCCC2)no1. The van der Waals surface area contributed by atoms with Crippen LogP contribution in [-0.4, -0.2) is 34.3 Å². The topological polar surface area (TPSA) is 79.5 Å². The normalized spacial score (nSPS) is 17.7. The first-order valence-electron chi connectivity index (χ1n) is 6.44. The Morgan fingerprint density at radius 1 is 1.44 bits per heavy atom. The van der Waals surface area contributed by atoms with Crippen molar-refractivity contribution >= 4 is 11.9 Å². The van der Waals surface area contributed by atoms with Gasteiger partial charge < -0.3 is 14.5 Å². The molecule has 1 aromatic rings. The Kier molecular flexibility index (Phi) is 4.17. The number of piperidine rings is 1. The van der Waals surface area contributed by atoms with Gasteiger partial charge in [-0.15, -0.1) is 0 Å². The highest BCUT2D eigenvalue weighted by Crippen LogP contribution is 2.18. The van der Waals surface area contributed by atoms with Crippen LogP contribution in [0, 0.1) is 5.92 Å². The minimum absolute atomic E-state index is 0.0113. The molecule has 1 aliphatic rings. The molecule has 0 aromatic carbocycles. The number of carbonyl (C=O) groups is 1. The number of aromatic nitrogens is 2. The van der Waals surface area contributed by atoms with E-state index in [1.807, 2.05) is 6.92 Å². The second kappa shape index (κ2) is 5.84. The quantitative estimate of drug-likeness (QED) is 0.860. The van der Waals surface area contributed by atoms with Crippen molar-refractivity contribution in [3.63, 3.8) is 0 Å². The molecule has 2 heterocycles. The number of hydrogen-bond donors (Lipinski definition) is 1. The zero-order chi connectivity index (χ0) is 13.0. The van der Waals surface area contributed by atoms with E-state index in [2.05, 4.69) is 15.0 Å². The Balaban J connectivity index is 1.91. The van der Waals surface area contributed by atoms with E-state index in [-0.39, 0.29) is 12.3 Å². The second-order valence-corrected chi connectivity index (χ2v) is 4.94. The maximum absolute atomic E-state index is 10.6. The van der Waals surface area contributed by atoms with E-state index >= 15 is 0 Å². The van der Waals surface area contributed by atoms with Gasteiger partial charge in [-0.05, 0) is 30.3 Å². The van der Waals surface area contributed by atoms with Gasteiger partial charge >= 0.3 is 5.97 Å². The van der Waals surface area contributed by atoms with Crippen LogP contribution >= 0.6 is 0 Å². The molecule has 1 aromatic heterocycles. The molecule has 1 atom stereocenters. The first-order valence-corrected chi connectivity index (χ1v) is 6.44. The standard InChI is InChI=1S/C12H19N3O3/c1-9(8-11(16)17)7-10-13-12(14-18-10)15-5-3-2-4-6-15/h9H,2-8H2,1H3,(H,16,17). The molecule has 6 nitrogen and oxygen atoms in total. The van der Waals surface area contributed by atoms with Crippen LogP contribution in [0.15, 0.2) is 4.52 Å². The molecule has 0 bridgehead atoms. The van der Waals surface area contributed by atoms with Crippen molar-refractivity contribution in [1.82, 2.24) is 10.1 Å². The maximum atomic E-state index is 10.6. The minimum Gasteiger partial charge on any atom is -0.481 e. The van der Waals surface area contributed by atoms with Crippen molar-refractivity contribution in [2.75, 3.05) is 18.0 Å². The molecular weight excluding hydrogens is 234 g/mol. The first-order chi connectivity index (χ1) is 8.65. The molecule has 0 radical (unpaired) electrons. The van der Waals surface area contributed by atoms with Crippen molar-refractivity contribution in [1.29, 1.82) is 0 Å². The number of anilines is 1. The largest absolute Gasteiger partial charge is 0.481 e. The molecule has 0 aliphatic carbocycles. The zero-order valence-electron chi connectivity index (χ0n) is 10.6. The number of nitrogens with zero attached hydrogens (tertiary/aromatic N) is 3. The molecule has 1 N–H and O–H groups in total. The van der Waals surface area contributed by atoms with Gasteiger partial charge in [-0.1, -0.05) is 6.92 Å². The van der Waals surface area contributed by atoms with Crippen LogP contribution in [0.25, 0.3) is 0 Å². The Morgan fingerprint density at radius 2 is 2.17 bits per heavy atom. The van der Waals surface area contributed by atoms with Gasteiger partial charge in [-0.2, -0.15) is 4.98 Å². The molecule has 1 unspecified atom stereocenters. The first kappa shape index (κ1) is 12.9. The molecule has 0 amide bonds. The molecule has 100 valence electrons. The summed E-state index contributed by atoms with van der Waals surface area (Å²) in [6.45, 7) is 3.83. The van der Waals surface area contributed by atoms with Gasteiger partial charge in [-0.25, -0.2) is 0 Å². The van der Waals surface area contributed by atoms with Gasteiger partial charge in [0, 0.05) is 25.9 Å². The highest BCUT2D eigenvalue weighted by molar-refractivity contribution is 5.66. The van der Waals surface area contributed by atoms with E-state index in [0.29, 0.717) is 18.3 Å². The second-order valence-electron chi connectivity index (χ2n) is 4.94. The summed E-state index contributed by atoms with van der Waals surface area (Å²) in [5.41, 5.74) is 0. The number of carboxylic acids is 1. The summed E-state index contributed by atoms with van der Waals surface area (Å²) in [5, 5.41) is 12.7. The highest BCUT2D eigenvalue weighted by Gasteiger charge is 2.18. The van der Waals surface area contributed by atoms with E-state index in [0.717, 1.165) is 13.1 Å². The fraction of sp³-hybridized carbons (Fsp3) is 0.750. The lowest BCUT2D eigenvalue weighted by atomic mass is 10.0. The van der Waals surface area contributed by atoms with Crippen molar-refractivity contribution in [2.45, 2.75) is 39.0 Å². The number of carboxylic acid groups (broad SMARTS) is 1. The maximum Gasteiger partial charge on any atom is 0.303 e. The number of rotatable bonds is 5. The average Bonchev–Trinajstić information content (AvgIpc) is 2.77. The van der Waals surface area contributed by atoms with Gasteiger partial charge in [0.2, 0.25) is 5.89 Å². The smallest absolute Gasteiger partial charge is 0.303 e. The summed E-state index contributed by atoms with van der Waals surface area (Å²) >= 11 is 0. The third-order valence-corrected chi connectivity index (χ3v) is 3.14. The zero-order valence-corrected chi connectivity index (χ0v) is 10.6. The summed E-state index contributed by atoms with van der Waals surface area (Å²) in [4.78, 5) is 17.0. The Labute approximate surface area is 106 Å². The van der Waals surface area contributed by atoms with Gasteiger partial charge in [0.15, 0.2) is 0 Å². The van der Waals surface area contributed by atoms with Crippen LogP contribution in [0.1, 0.15) is 38.5 Å². The Hall–Kier alpha value is -1.59. The van der Waals surface area contributed by atoms with Gasteiger partial charge in [0.25, 0.3) is 5.95 Å². The monoisotopic (exact) mass is 253 g/mol. The third kappa shape index (κ3) is 3.45. The molecule has 2 rings (SSSR count). The van der Waals surface area contributed by atoms with Crippen molar-refractivity contribution < 1.29 is 14.4 Å². The van der Waals surface area contributed by atoms with Crippen LogP contribution in [0.2, 0.25) is 0 Å². The lowest BCUT2D eigenvalue weighted by Gasteiger charge is -2.24. The summed E-state index contributed by atoms with van der Waals surface area (Å²) < 4.78 is 5.17. The van der Waals surface area contributed by atoms with Crippen LogP contribution in [0.4, 0.5) is 5.95 Å². The fourth-order valence-corrected chi connectivity index (χ4v) is 2.22. The Bertz CT molecular complexity index is 399. The molecular formula is C12H19N3O3. The minimum atomic E-state index is -0.793. The molecule has 1 aliphatic heterocycles. The lowest BCUT2D eigenvalue weighted by Crippen LogP contribution is -2.30. The molecule has 6 heteroatoms. The van der Waals surface area contributed by atoms with E-state index in [1.54, 1.807) is 0 Å². The summed E-state index contributed by atoms with van der Waals surface area (Å²) in [7, 11) is 0. The van der Waals surface area contributed by atoms with Gasteiger partial charge in [0.1, 0.15) is 0 Å². The summed E-state index contributed by atoms with van der Waals surface area (Å²) in [6, 6.07) is 0. The van der Waals surface area contributed by atoms with Crippen molar-refractivity contribution in [3.05, 3.63) is 5.89 Å². The predicted molar refractivity (Wildman–Crippen MR) is 65.5 cm³/mol. The summed E-state index contributed by atoms with van der Waals surface area (Å²) in [6.07, 6.45) is 4.24. The van der Waals surface area contributed by atoms with E-state index in [9.17, 15) is 4.79 Å². The fourth-order valence-electron chi connectivity index (χ4n) is 2.22. The molecule has 1 fully saturated rings. The van der Waals surface area contributed by atoms with E-state index < -0.39 is 5.97 Å². The molecule has 0 saturated carbocycles. The highest BCUT2D eigenvalue weighted by atomic mass is 16.5. The van der Waals surface area contributed by atoms with Crippen LogP contribution in [0.3, 0.4) is 0 Å². The lowest BCUT2D eigenvalue weighted by molar-refractivity contribution is -0.137. The van der Waals surface area contributed by atoms with Crippen LogP contribution in [-0.2, 0) is 11.2 Å². The average molecular weight is 253 g/mol. The summed E-state index contributed by atoms with van der Waals surface area (Å²) in [5.74, 6) is 0.395. The molecule has 18 heavy (non-hydrogen) atoms. The van der Waals surface area contributed by atoms with Crippen LogP contribution < -0.4 is 4.90 Å². The van der Waals surface area contributed by atoms with Crippen molar-refractivity contribution in [3.8, 4) is 0 Å². The van der Waals surface area contributed by atoms with E-state index in [1.165, 1.54) is 19.3 Å². The number of hydrogen-bond acceptors (Lipinski definition) is 5. The predicted octanol–water partition coefficient (Wildman–Crippen LogP) is 1.71. The van der Waals surface area contributed by atoms with Gasteiger partial charge in [-0.3, -0.25) is 4.79 Å².